The summed E-state index contributed by atoms with van der Waals surface area (Å²) < 4.78 is 1.64. The van der Waals surface area contributed by atoms with Gasteiger partial charge in [0.05, 0.1) is 8.59 Å². The van der Waals surface area contributed by atoms with Crippen LogP contribution in [0.3, 0.4) is 0 Å². The number of nitrogens with zero attached hydrogens (tertiary/aromatic N) is 3. The summed E-state index contributed by atoms with van der Waals surface area (Å²) in [5, 5.41) is 14.4. The number of hydrogen-bond acceptors (Lipinski definition) is 3. The van der Waals surface area contributed by atoms with Crippen LogP contribution in [-0.4, -0.2) is 14.6 Å². The van der Waals surface area contributed by atoms with Crippen LogP contribution in [0.5, 0.6) is 0 Å². The smallest absolute Gasteiger partial charge is 0.287 e. The van der Waals surface area contributed by atoms with Crippen molar-refractivity contribution in [1.82, 2.24) is 14.6 Å². The second kappa shape index (κ2) is 5.33. The fraction of sp³-hybridized carbons (Fsp3) is 0. The van der Waals surface area contributed by atoms with E-state index in [2.05, 4.69) is 16.2 Å². The molecule has 2 aromatic heterocycles. The van der Waals surface area contributed by atoms with Crippen LogP contribution in [0.15, 0.2) is 29.2 Å². The van der Waals surface area contributed by atoms with Crippen molar-refractivity contribution in [3.05, 3.63) is 53.9 Å². The lowest BCUT2D eigenvalue weighted by atomic mass is 10.1. The molecular weight excluding hydrogens is 426 g/mol. The van der Waals surface area contributed by atoms with Crippen LogP contribution in [-0.2, 0) is 0 Å². The van der Waals surface area contributed by atoms with Crippen molar-refractivity contribution < 1.29 is 0 Å². The van der Waals surface area contributed by atoms with Crippen LogP contribution in [0.25, 0.3) is 16.9 Å². The Morgan fingerprint density at radius 2 is 2.14 bits per heavy atom. The third kappa shape index (κ3) is 2.31. The molecule has 0 aliphatic carbocycles. The minimum absolute atomic E-state index is 0.257. The molecule has 2 heterocycles. The van der Waals surface area contributed by atoms with E-state index in [9.17, 15) is 10.1 Å². The third-order valence-electron chi connectivity index (χ3n) is 2.92. The van der Waals surface area contributed by atoms with Crippen molar-refractivity contribution in [2.75, 3.05) is 0 Å². The fourth-order valence-electron chi connectivity index (χ4n) is 1.97. The van der Waals surface area contributed by atoms with Gasteiger partial charge in [0.2, 0.25) is 0 Å². The molecule has 1 aromatic carbocycles. The van der Waals surface area contributed by atoms with Crippen molar-refractivity contribution in [2.45, 2.75) is 0 Å². The van der Waals surface area contributed by atoms with Crippen molar-refractivity contribution in [3.8, 4) is 17.3 Å². The summed E-state index contributed by atoms with van der Waals surface area (Å²) in [5.74, 6) is 0. The molecule has 0 radical (unpaired) electrons. The van der Waals surface area contributed by atoms with E-state index in [0.29, 0.717) is 30.5 Å². The molecule has 104 valence electrons. The van der Waals surface area contributed by atoms with Gasteiger partial charge in [-0.15, -0.1) is 0 Å². The number of nitrogens with one attached hydrogen (secondary N) is 1. The van der Waals surface area contributed by atoms with Gasteiger partial charge in [0.25, 0.3) is 5.56 Å². The minimum Gasteiger partial charge on any atom is -0.344 e. The number of aromatic amines is 1. The van der Waals surface area contributed by atoms with Gasteiger partial charge in [-0.2, -0.15) is 14.9 Å². The van der Waals surface area contributed by atoms with E-state index in [1.54, 1.807) is 18.2 Å². The highest BCUT2D eigenvalue weighted by Gasteiger charge is 2.19. The summed E-state index contributed by atoms with van der Waals surface area (Å²) in [6.45, 7) is 0. The number of hydrogen-bond donors (Lipinski definition) is 1. The highest BCUT2D eigenvalue weighted by Crippen LogP contribution is 2.32. The number of rotatable bonds is 1. The molecule has 3 rings (SSSR count). The molecule has 0 aliphatic heterocycles. The van der Waals surface area contributed by atoms with E-state index in [4.69, 9.17) is 23.2 Å². The maximum Gasteiger partial charge on any atom is 0.287 e. The second-order valence-electron chi connectivity index (χ2n) is 4.16. The quantitative estimate of drug-likeness (QED) is 0.600. The van der Waals surface area contributed by atoms with E-state index in [-0.39, 0.29) is 11.1 Å². The van der Waals surface area contributed by atoms with Crippen molar-refractivity contribution in [3.63, 3.8) is 0 Å². The second-order valence-corrected chi connectivity index (χ2v) is 6.17. The van der Waals surface area contributed by atoms with E-state index in [1.807, 2.05) is 22.6 Å². The number of fused-ring (bicyclic) bond motifs is 1. The zero-order valence-electron chi connectivity index (χ0n) is 10.2. The van der Waals surface area contributed by atoms with Crippen LogP contribution in [0.4, 0.5) is 0 Å². The zero-order chi connectivity index (χ0) is 15.1. The van der Waals surface area contributed by atoms with Gasteiger partial charge in [-0.3, -0.25) is 4.79 Å². The lowest BCUT2D eigenvalue weighted by Crippen LogP contribution is -2.17. The monoisotopic (exact) mass is 430 g/mol. The first kappa shape index (κ1) is 14.4. The highest BCUT2D eigenvalue weighted by atomic mass is 127. The molecule has 0 spiro atoms. The first-order valence-corrected chi connectivity index (χ1v) is 7.52. The van der Waals surface area contributed by atoms with Gasteiger partial charge < -0.3 is 4.98 Å². The molecule has 0 saturated heterocycles. The molecule has 5 nitrogen and oxygen atoms in total. The molecule has 8 heteroatoms. The summed E-state index contributed by atoms with van der Waals surface area (Å²) in [4.78, 5) is 15.0. The number of aromatic nitrogens is 3. The standard InChI is InChI=1S/C13H5Cl2IN4O/c14-6-1-2-7(9(15)3-6)11-8(4-17)12-18-5-10(16)13(21)20(12)19-11/h1-3,5,18H. The molecule has 0 aliphatic rings. The summed E-state index contributed by atoms with van der Waals surface area (Å²) >= 11 is 13.9. The molecular formula is C13H5Cl2IN4O. The Hall–Kier alpha value is -1.56. The first-order chi connectivity index (χ1) is 10.0. The molecule has 0 atom stereocenters. The number of benzene rings is 1. The normalized spacial score (nSPS) is 10.8. The van der Waals surface area contributed by atoms with Crippen LogP contribution in [0.2, 0.25) is 10.0 Å². The minimum atomic E-state index is -0.294. The third-order valence-corrected chi connectivity index (χ3v) is 4.24. The van der Waals surface area contributed by atoms with Gasteiger partial charge in [0.1, 0.15) is 17.3 Å². The van der Waals surface area contributed by atoms with E-state index >= 15 is 0 Å². The molecule has 1 N–H and O–H groups in total. The summed E-state index contributed by atoms with van der Waals surface area (Å²) in [7, 11) is 0. The number of nitriles is 1. The van der Waals surface area contributed by atoms with Gasteiger partial charge in [0.15, 0.2) is 5.65 Å². The number of halogens is 3. The predicted octanol–water partition coefficient (Wildman–Crippen LogP) is 3.47. The largest absolute Gasteiger partial charge is 0.344 e. The van der Waals surface area contributed by atoms with Crippen LogP contribution in [0, 0.1) is 14.9 Å². The Balaban J connectivity index is 2.41. The first-order valence-electron chi connectivity index (χ1n) is 5.68. The molecule has 21 heavy (non-hydrogen) atoms. The zero-order valence-corrected chi connectivity index (χ0v) is 13.9. The molecule has 0 saturated carbocycles. The van der Waals surface area contributed by atoms with Crippen molar-refractivity contribution >= 4 is 51.4 Å². The summed E-state index contributed by atoms with van der Waals surface area (Å²) in [6, 6.07) is 6.94. The maximum absolute atomic E-state index is 12.1. The predicted molar refractivity (Wildman–Crippen MR) is 88.7 cm³/mol. The van der Waals surface area contributed by atoms with Crippen LogP contribution < -0.4 is 5.56 Å². The summed E-state index contributed by atoms with van der Waals surface area (Å²) in [6.07, 6.45) is 1.54. The Morgan fingerprint density at radius 1 is 1.38 bits per heavy atom. The summed E-state index contributed by atoms with van der Waals surface area (Å²) in [5.41, 5.74) is 1.19. The Kier molecular flexibility index (Phi) is 3.65. The Labute approximate surface area is 142 Å². The van der Waals surface area contributed by atoms with E-state index in [1.165, 1.54) is 10.7 Å². The van der Waals surface area contributed by atoms with Gasteiger partial charge in [-0.25, -0.2) is 0 Å². The van der Waals surface area contributed by atoms with E-state index < -0.39 is 0 Å². The lowest BCUT2D eigenvalue weighted by Gasteiger charge is -2.01. The molecule has 0 amide bonds. The van der Waals surface area contributed by atoms with Gasteiger partial charge in [0, 0.05) is 16.8 Å². The molecule has 0 bridgehead atoms. The van der Waals surface area contributed by atoms with Crippen molar-refractivity contribution in [1.29, 1.82) is 5.26 Å². The van der Waals surface area contributed by atoms with Gasteiger partial charge in [-0.05, 0) is 40.8 Å². The average molecular weight is 431 g/mol. The van der Waals surface area contributed by atoms with Crippen LogP contribution >= 0.6 is 45.8 Å². The van der Waals surface area contributed by atoms with Crippen LogP contribution in [0.1, 0.15) is 5.56 Å². The SMILES string of the molecule is N#Cc1c(-c2ccc(Cl)cc2Cl)nn2c(=O)c(I)c[nH]c12. The number of H-pyrrole nitrogens is 1. The van der Waals surface area contributed by atoms with Gasteiger partial charge >= 0.3 is 0 Å². The molecule has 0 fully saturated rings. The van der Waals surface area contributed by atoms with Gasteiger partial charge in [-0.1, -0.05) is 23.2 Å². The Morgan fingerprint density at radius 3 is 2.81 bits per heavy atom. The topological polar surface area (TPSA) is 74.0 Å². The molecule has 0 unspecified atom stereocenters. The average Bonchev–Trinajstić information content (AvgIpc) is 2.82. The maximum atomic E-state index is 12.1. The fourth-order valence-corrected chi connectivity index (χ4v) is 2.85. The highest BCUT2D eigenvalue weighted by molar-refractivity contribution is 14.1. The lowest BCUT2D eigenvalue weighted by molar-refractivity contribution is 0.894. The van der Waals surface area contributed by atoms with Crippen molar-refractivity contribution in [2.24, 2.45) is 0 Å². The van der Waals surface area contributed by atoms with E-state index in [0.717, 1.165) is 0 Å². The molecule has 3 aromatic rings. The Bertz CT molecular complexity index is 971.